The van der Waals surface area contributed by atoms with Crippen LogP contribution >= 0.6 is 0 Å². The number of phenolic OH excluding ortho intramolecular Hbond substituents is 1. The molecule has 1 aromatic carbocycles. The molecule has 1 rings (SSSR count). The Bertz CT molecular complexity index is 1250. The van der Waals surface area contributed by atoms with Crippen LogP contribution in [0.25, 0.3) is 0 Å². The molecule has 47 heavy (non-hydrogen) atoms. The van der Waals surface area contributed by atoms with E-state index >= 15 is 0 Å². The van der Waals surface area contributed by atoms with Crippen molar-refractivity contribution < 1.29 is 39.3 Å². The molecule has 1 aromatic rings. The van der Waals surface area contributed by atoms with Crippen molar-refractivity contribution in [1.82, 2.24) is 21.3 Å². The van der Waals surface area contributed by atoms with Crippen LogP contribution < -0.4 is 55.7 Å². The number of carbonyl (C=O) groups excluding carboxylic acids is 5. The first-order valence-electron chi connectivity index (χ1n) is 14.5. The normalized spacial score (nSPS) is 13.9. The summed E-state index contributed by atoms with van der Waals surface area (Å²) in [5, 5.41) is 38.3. The van der Waals surface area contributed by atoms with Gasteiger partial charge in [-0.15, -0.1) is 0 Å². The summed E-state index contributed by atoms with van der Waals surface area (Å²) in [6.07, 6.45) is 0.331. The summed E-state index contributed by atoms with van der Waals surface area (Å²) < 4.78 is 0. The molecule has 0 aliphatic heterocycles. The number of nitrogens with zero attached hydrogens (tertiary/aromatic N) is 2. The number of aliphatic hydroxyl groups excluding tert-OH is 2. The number of carbonyl (C=O) groups is 5. The quantitative estimate of drug-likeness (QED) is 0.0330. The topological polar surface area (TPSA) is 375 Å². The summed E-state index contributed by atoms with van der Waals surface area (Å²) in [7, 11) is 0. The Hall–Kier alpha value is -5.21. The molecule has 19 N–H and O–H groups in total. The number of aliphatic imine (C=N–C) groups is 2. The first-order chi connectivity index (χ1) is 22.2. The second-order valence-corrected chi connectivity index (χ2v) is 10.4. The van der Waals surface area contributed by atoms with E-state index in [1.807, 2.05) is 0 Å². The molecule has 0 fully saturated rings. The van der Waals surface area contributed by atoms with Crippen LogP contribution in [0.4, 0.5) is 0 Å². The molecule has 5 amide bonds. The molecule has 0 aliphatic carbocycles. The molecular weight excluding hydrogens is 620 g/mol. The van der Waals surface area contributed by atoms with Crippen molar-refractivity contribution in [3.8, 4) is 5.75 Å². The minimum atomic E-state index is -1.59. The SMILES string of the molecule is NC(=O)[C@H](Cc1ccc(O)cc1)NC(=O)[C@H](CCCN=C(N)N)NC(=O)[C@H](CO)NC(=O)[C@H](CCCN=C(N)N)NC(=O)[C@@H](N)CO. The van der Waals surface area contributed by atoms with Gasteiger partial charge in [-0.1, -0.05) is 12.1 Å². The zero-order chi connectivity index (χ0) is 35.5. The van der Waals surface area contributed by atoms with Crippen molar-refractivity contribution in [2.75, 3.05) is 26.3 Å². The maximum Gasteiger partial charge on any atom is 0.245 e. The third-order valence-corrected chi connectivity index (χ3v) is 6.54. The van der Waals surface area contributed by atoms with Crippen LogP contribution in [0.5, 0.6) is 5.75 Å². The van der Waals surface area contributed by atoms with E-state index in [-0.39, 0.29) is 62.9 Å². The van der Waals surface area contributed by atoms with E-state index in [1.165, 1.54) is 24.3 Å². The van der Waals surface area contributed by atoms with Crippen LogP contribution in [-0.4, -0.2) is 113 Å². The predicted octanol–water partition coefficient (Wildman–Crippen LogP) is -6.22. The Morgan fingerprint density at radius 3 is 1.49 bits per heavy atom. The minimum absolute atomic E-state index is 0.00382. The summed E-state index contributed by atoms with van der Waals surface area (Å²) in [6.45, 7) is -1.41. The van der Waals surface area contributed by atoms with Gasteiger partial charge >= 0.3 is 0 Å². The van der Waals surface area contributed by atoms with Crippen LogP contribution in [0, 0.1) is 0 Å². The number of guanidine groups is 2. The molecule has 0 spiro atoms. The van der Waals surface area contributed by atoms with E-state index in [1.54, 1.807) is 0 Å². The number of nitrogens with two attached hydrogens (primary N) is 6. The van der Waals surface area contributed by atoms with Crippen LogP contribution in [0.15, 0.2) is 34.3 Å². The van der Waals surface area contributed by atoms with E-state index in [4.69, 9.17) is 34.4 Å². The molecule has 5 atom stereocenters. The van der Waals surface area contributed by atoms with Gasteiger partial charge < -0.3 is 71.0 Å². The Kier molecular flexibility index (Phi) is 17.6. The Labute approximate surface area is 270 Å². The fourth-order valence-electron chi connectivity index (χ4n) is 4.01. The zero-order valence-corrected chi connectivity index (χ0v) is 25.8. The van der Waals surface area contributed by atoms with E-state index in [0.29, 0.717) is 5.56 Å². The standard InChI is InChI=1S/C27H46N12O8/c28-16(12-40)22(44)36-17(3-1-9-34-26(30)31)24(46)39-20(13-41)25(47)37-18(4-2-10-35-27(32)33)23(45)38-19(21(29)43)11-14-5-7-15(42)8-6-14/h5-8,16-20,40-42H,1-4,9-13,28H2,(H2,29,43)(H,36,44)(H,37,47)(H,38,45)(H,39,46)(H4,30,31,34)(H4,32,33,35)/t16-,17-,18-,19-,20-/m0/s1. The van der Waals surface area contributed by atoms with Crippen molar-refractivity contribution in [3.05, 3.63) is 29.8 Å². The molecule has 0 aliphatic rings. The number of aromatic hydroxyl groups is 1. The molecule has 0 radical (unpaired) electrons. The summed E-state index contributed by atoms with van der Waals surface area (Å²) in [5.41, 5.74) is 32.9. The average Bonchev–Trinajstić information content (AvgIpc) is 3.02. The summed E-state index contributed by atoms with van der Waals surface area (Å²) in [6, 6.07) is -0.847. The van der Waals surface area contributed by atoms with Crippen molar-refractivity contribution in [2.24, 2.45) is 44.4 Å². The third kappa shape index (κ3) is 15.6. The Morgan fingerprint density at radius 1 is 0.638 bits per heavy atom. The third-order valence-electron chi connectivity index (χ3n) is 6.54. The second-order valence-electron chi connectivity index (χ2n) is 10.4. The summed E-state index contributed by atoms with van der Waals surface area (Å²) in [4.78, 5) is 71.7. The van der Waals surface area contributed by atoms with E-state index in [9.17, 15) is 39.3 Å². The van der Waals surface area contributed by atoms with Crippen LogP contribution in [0.1, 0.15) is 31.2 Å². The van der Waals surface area contributed by atoms with Crippen LogP contribution in [0.3, 0.4) is 0 Å². The molecule has 20 nitrogen and oxygen atoms in total. The predicted molar refractivity (Wildman–Crippen MR) is 171 cm³/mol. The van der Waals surface area contributed by atoms with Crippen molar-refractivity contribution in [2.45, 2.75) is 62.3 Å². The number of rotatable bonds is 21. The lowest BCUT2D eigenvalue weighted by atomic mass is 10.0. The van der Waals surface area contributed by atoms with Gasteiger partial charge in [-0.25, -0.2) is 0 Å². The smallest absolute Gasteiger partial charge is 0.245 e. The van der Waals surface area contributed by atoms with Gasteiger partial charge in [0, 0.05) is 19.5 Å². The van der Waals surface area contributed by atoms with Gasteiger partial charge in [-0.3, -0.25) is 34.0 Å². The van der Waals surface area contributed by atoms with E-state index in [2.05, 4.69) is 31.3 Å². The molecule has 0 saturated carbocycles. The Morgan fingerprint density at radius 2 is 1.06 bits per heavy atom. The van der Waals surface area contributed by atoms with Gasteiger partial charge in [0.15, 0.2) is 11.9 Å². The lowest BCUT2D eigenvalue weighted by Crippen LogP contribution is -2.59. The number of benzene rings is 1. The van der Waals surface area contributed by atoms with Crippen molar-refractivity contribution in [3.63, 3.8) is 0 Å². The largest absolute Gasteiger partial charge is 0.508 e. The van der Waals surface area contributed by atoms with Gasteiger partial charge in [-0.2, -0.15) is 0 Å². The van der Waals surface area contributed by atoms with E-state index in [0.717, 1.165) is 0 Å². The molecule has 262 valence electrons. The molecule has 20 heteroatoms. The number of phenols is 1. The molecule has 0 bridgehead atoms. The molecular formula is C27H46N12O8. The highest BCUT2D eigenvalue weighted by Gasteiger charge is 2.31. The number of nitrogens with one attached hydrogen (secondary N) is 4. The highest BCUT2D eigenvalue weighted by Crippen LogP contribution is 2.12. The van der Waals surface area contributed by atoms with Gasteiger partial charge in [0.1, 0.15) is 36.0 Å². The lowest BCUT2D eigenvalue weighted by Gasteiger charge is -2.26. The molecule has 0 heterocycles. The van der Waals surface area contributed by atoms with Crippen LogP contribution in [-0.2, 0) is 30.4 Å². The van der Waals surface area contributed by atoms with Gasteiger partial charge in [0.2, 0.25) is 29.5 Å². The van der Waals surface area contributed by atoms with Crippen molar-refractivity contribution >= 4 is 41.5 Å². The number of aliphatic hydroxyl groups is 2. The highest BCUT2D eigenvalue weighted by atomic mass is 16.3. The number of amides is 5. The van der Waals surface area contributed by atoms with Gasteiger partial charge in [0.25, 0.3) is 0 Å². The average molecular weight is 667 g/mol. The summed E-state index contributed by atoms with van der Waals surface area (Å²) >= 11 is 0. The fraction of sp³-hybridized carbons (Fsp3) is 0.519. The van der Waals surface area contributed by atoms with Gasteiger partial charge in [0.05, 0.1) is 13.2 Å². The molecule has 0 aromatic heterocycles. The first kappa shape index (κ1) is 39.8. The Balaban J connectivity index is 3.11. The fourth-order valence-corrected chi connectivity index (χ4v) is 4.01. The van der Waals surface area contributed by atoms with Gasteiger partial charge in [-0.05, 0) is 43.4 Å². The monoisotopic (exact) mass is 666 g/mol. The molecule has 0 saturated heterocycles. The number of hydrogen-bond acceptors (Lipinski definition) is 11. The first-order valence-corrected chi connectivity index (χ1v) is 14.5. The van der Waals surface area contributed by atoms with Crippen LogP contribution in [0.2, 0.25) is 0 Å². The lowest BCUT2D eigenvalue weighted by molar-refractivity contribution is -0.135. The highest BCUT2D eigenvalue weighted by molar-refractivity contribution is 5.95. The molecule has 0 unspecified atom stereocenters. The number of hydrogen-bond donors (Lipinski definition) is 13. The maximum atomic E-state index is 13.3. The second kappa shape index (κ2) is 20.7. The van der Waals surface area contributed by atoms with Crippen molar-refractivity contribution in [1.29, 1.82) is 0 Å². The van der Waals surface area contributed by atoms with E-state index < -0.39 is 73.0 Å². The summed E-state index contributed by atoms with van der Waals surface area (Å²) in [5.74, 6) is -4.78. The minimum Gasteiger partial charge on any atom is -0.508 e. The number of primary amides is 1. The maximum absolute atomic E-state index is 13.3. The zero-order valence-electron chi connectivity index (χ0n) is 25.8.